The molecular weight excluding hydrogens is 498 g/mol. The van der Waals surface area contributed by atoms with Gasteiger partial charge in [0.2, 0.25) is 0 Å². The summed E-state index contributed by atoms with van der Waals surface area (Å²) >= 11 is 0. The second-order valence-corrected chi connectivity index (χ2v) is 10.0. The Morgan fingerprint density at radius 1 is 0.780 bits per heavy atom. The third-order valence-corrected chi connectivity index (χ3v) is 7.52. The molecule has 1 heterocycles. The summed E-state index contributed by atoms with van der Waals surface area (Å²) < 4.78 is 2.41. The third-order valence-electron chi connectivity index (χ3n) is 7.52. The van der Waals surface area contributed by atoms with E-state index < -0.39 is 0 Å². The quantitative estimate of drug-likeness (QED) is 0.150. The van der Waals surface area contributed by atoms with E-state index in [9.17, 15) is 0 Å². The second kappa shape index (κ2) is 11.4. The summed E-state index contributed by atoms with van der Waals surface area (Å²) in [4.78, 5) is 0. The van der Waals surface area contributed by atoms with Crippen molar-refractivity contribution in [2.24, 2.45) is 5.73 Å². The van der Waals surface area contributed by atoms with Crippen molar-refractivity contribution >= 4 is 44.4 Å². The fraction of sp³-hybridized carbons (Fsp3) is 0.0263. The van der Waals surface area contributed by atoms with Crippen LogP contribution in [0, 0.1) is 5.41 Å². The molecule has 0 atom stereocenters. The van der Waals surface area contributed by atoms with Crippen LogP contribution in [0.5, 0.6) is 0 Å². The minimum Gasteiger partial charge on any atom is -0.405 e. The van der Waals surface area contributed by atoms with E-state index in [2.05, 4.69) is 114 Å². The topological polar surface area (TPSA) is 54.8 Å². The number of rotatable bonds is 8. The van der Waals surface area contributed by atoms with E-state index >= 15 is 0 Å². The van der Waals surface area contributed by atoms with Crippen LogP contribution < -0.4 is 5.73 Å². The molecule has 0 fully saturated rings. The van der Waals surface area contributed by atoms with Crippen LogP contribution in [0.15, 0.2) is 146 Å². The van der Waals surface area contributed by atoms with E-state index in [4.69, 9.17) is 11.1 Å². The van der Waals surface area contributed by atoms with E-state index in [1.54, 1.807) is 12.3 Å². The van der Waals surface area contributed by atoms with E-state index in [0.717, 1.165) is 28.6 Å². The van der Waals surface area contributed by atoms with Crippen molar-refractivity contribution in [2.45, 2.75) is 6.42 Å². The Bertz CT molecular complexity index is 2000. The Morgan fingerprint density at radius 2 is 1.59 bits per heavy atom. The predicted octanol–water partition coefficient (Wildman–Crippen LogP) is 9.39. The molecule has 0 saturated heterocycles. The van der Waals surface area contributed by atoms with E-state index in [1.165, 1.54) is 50.1 Å². The van der Waals surface area contributed by atoms with Crippen molar-refractivity contribution < 1.29 is 0 Å². The van der Waals surface area contributed by atoms with Crippen LogP contribution in [0.3, 0.4) is 0 Å². The maximum absolute atomic E-state index is 7.88. The molecule has 0 aliphatic heterocycles. The van der Waals surface area contributed by atoms with E-state index in [0.29, 0.717) is 0 Å². The molecule has 0 radical (unpaired) electrons. The summed E-state index contributed by atoms with van der Waals surface area (Å²) in [6.07, 6.45) is 13.3. The molecule has 0 aliphatic carbocycles. The maximum Gasteiger partial charge on any atom is 0.0619 e. The number of nitrogens with two attached hydrogens (primary N) is 1. The summed E-state index contributed by atoms with van der Waals surface area (Å²) in [5.74, 6) is 0. The Hall–Kier alpha value is -5.41. The molecule has 3 N–H and O–H groups in total. The minimum absolute atomic E-state index is 0.817. The first kappa shape index (κ1) is 25.8. The molecule has 5 aromatic carbocycles. The molecule has 0 spiro atoms. The summed E-state index contributed by atoms with van der Waals surface area (Å²) in [6.45, 7) is 3.81. The summed E-state index contributed by atoms with van der Waals surface area (Å²) in [5.41, 5.74) is 14.4. The van der Waals surface area contributed by atoms with Gasteiger partial charge in [-0.2, -0.15) is 0 Å². The zero-order chi connectivity index (χ0) is 28.2. The van der Waals surface area contributed by atoms with Gasteiger partial charge in [-0.25, -0.2) is 0 Å². The van der Waals surface area contributed by atoms with Crippen LogP contribution in [-0.4, -0.2) is 10.8 Å². The molecule has 3 nitrogen and oxygen atoms in total. The van der Waals surface area contributed by atoms with Crippen molar-refractivity contribution in [1.82, 2.24) is 4.57 Å². The van der Waals surface area contributed by atoms with Crippen LogP contribution in [-0.2, 0) is 6.42 Å². The average molecular weight is 530 g/mol. The van der Waals surface area contributed by atoms with Gasteiger partial charge in [0.1, 0.15) is 0 Å². The average Bonchev–Trinajstić information content (AvgIpc) is 3.36. The van der Waals surface area contributed by atoms with Crippen molar-refractivity contribution in [2.75, 3.05) is 0 Å². The number of fused-ring (bicyclic) bond motifs is 5. The van der Waals surface area contributed by atoms with Gasteiger partial charge in [0.05, 0.1) is 11.0 Å². The number of hydrogen-bond acceptors (Lipinski definition) is 2. The zero-order valence-electron chi connectivity index (χ0n) is 22.8. The van der Waals surface area contributed by atoms with Crippen LogP contribution in [0.25, 0.3) is 55.0 Å². The van der Waals surface area contributed by atoms with Crippen molar-refractivity contribution in [3.8, 4) is 16.8 Å². The molecule has 41 heavy (non-hydrogen) atoms. The number of nitrogens with zero attached hydrogens (tertiary/aromatic N) is 1. The standard InChI is InChI=1S/C38H31N3/c1-2-10-32(26-40)30-17-20-34-31(24-30)18-21-36-35-19-16-27(11-5-4-8-22-39)23-37(35)41(38(34)36)33-15-9-14-29(25-33)28-12-6-3-7-13-28/h2-10,12-26,40H,1,11,39H2/b5-4-,22-8-,32-10+,40-26?. The molecular formula is C38H31N3. The normalized spacial score (nSPS) is 12.2. The highest BCUT2D eigenvalue weighted by molar-refractivity contribution is 6.19. The molecule has 1 aromatic heterocycles. The molecule has 6 rings (SSSR count). The third kappa shape index (κ3) is 4.90. The highest BCUT2D eigenvalue weighted by Gasteiger charge is 2.16. The highest BCUT2D eigenvalue weighted by Crippen LogP contribution is 2.38. The summed E-state index contributed by atoms with van der Waals surface area (Å²) in [5, 5.41) is 12.6. The Balaban J connectivity index is 1.64. The molecule has 0 aliphatic rings. The summed E-state index contributed by atoms with van der Waals surface area (Å²) in [6, 6.07) is 36.9. The smallest absolute Gasteiger partial charge is 0.0619 e. The zero-order valence-corrected chi connectivity index (χ0v) is 22.8. The Kier molecular flexibility index (Phi) is 7.17. The summed E-state index contributed by atoms with van der Waals surface area (Å²) in [7, 11) is 0. The lowest BCUT2D eigenvalue weighted by Crippen LogP contribution is -1.96. The fourth-order valence-corrected chi connectivity index (χ4v) is 5.61. The van der Waals surface area contributed by atoms with Gasteiger partial charge in [-0.3, -0.25) is 0 Å². The van der Waals surface area contributed by atoms with Gasteiger partial charge in [0.25, 0.3) is 0 Å². The maximum atomic E-state index is 7.88. The van der Waals surface area contributed by atoms with Crippen molar-refractivity contribution in [3.05, 3.63) is 157 Å². The Morgan fingerprint density at radius 3 is 2.39 bits per heavy atom. The lowest BCUT2D eigenvalue weighted by molar-refractivity contribution is 1.18. The molecule has 0 unspecified atom stereocenters. The minimum atomic E-state index is 0.817. The lowest BCUT2D eigenvalue weighted by Gasteiger charge is -2.13. The number of hydrogen-bond donors (Lipinski definition) is 2. The second-order valence-electron chi connectivity index (χ2n) is 10.0. The van der Waals surface area contributed by atoms with Crippen LogP contribution >= 0.6 is 0 Å². The first-order chi connectivity index (χ1) is 20.2. The van der Waals surface area contributed by atoms with Gasteiger partial charge in [0.15, 0.2) is 0 Å². The predicted molar refractivity (Wildman–Crippen MR) is 177 cm³/mol. The lowest BCUT2D eigenvalue weighted by atomic mass is 9.99. The van der Waals surface area contributed by atoms with Gasteiger partial charge < -0.3 is 15.7 Å². The monoisotopic (exact) mass is 529 g/mol. The highest BCUT2D eigenvalue weighted by atomic mass is 15.0. The first-order valence-electron chi connectivity index (χ1n) is 13.7. The Labute approximate surface area is 240 Å². The number of aromatic nitrogens is 1. The first-order valence-corrected chi connectivity index (χ1v) is 13.7. The van der Waals surface area contributed by atoms with E-state index in [1.807, 2.05) is 24.3 Å². The van der Waals surface area contributed by atoms with Gasteiger partial charge in [-0.15, -0.1) is 0 Å². The molecule has 6 aromatic rings. The van der Waals surface area contributed by atoms with Crippen LogP contribution in [0.2, 0.25) is 0 Å². The fourth-order valence-electron chi connectivity index (χ4n) is 5.61. The van der Waals surface area contributed by atoms with E-state index in [-0.39, 0.29) is 0 Å². The van der Waals surface area contributed by atoms with Gasteiger partial charge >= 0.3 is 0 Å². The molecule has 0 amide bonds. The van der Waals surface area contributed by atoms with Crippen molar-refractivity contribution in [1.29, 1.82) is 5.41 Å². The molecule has 198 valence electrons. The van der Waals surface area contributed by atoms with Crippen LogP contribution in [0.1, 0.15) is 11.1 Å². The van der Waals surface area contributed by atoms with Crippen LogP contribution in [0.4, 0.5) is 0 Å². The van der Waals surface area contributed by atoms with Crippen molar-refractivity contribution in [3.63, 3.8) is 0 Å². The number of nitrogens with one attached hydrogen (secondary N) is 1. The van der Waals surface area contributed by atoms with Gasteiger partial charge in [-0.1, -0.05) is 110 Å². The molecule has 0 bridgehead atoms. The van der Waals surface area contributed by atoms with Gasteiger partial charge in [-0.05, 0) is 76.2 Å². The molecule has 3 heteroatoms. The number of benzene rings is 5. The largest absolute Gasteiger partial charge is 0.405 e. The van der Waals surface area contributed by atoms with Gasteiger partial charge in [0, 0.05) is 28.1 Å². The SMILES string of the molecule is C=C/C=C(\C=N)c1ccc2c(ccc3c4ccc(C/C=C\C=C/N)cc4n(-c4cccc(-c5ccccc5)c4)c23)c1. The number of allylic oxidation sites excluding steroid dienone is 6. The molecule has 0 saturated carbocycles.